The molecule has 0 fully saturated rings. The lowest BCUT2D eigenvalue weighted by atomic mass is 9.94. The van der Waals surface area contributed by atoms with E-state index in [1.807, 2.05) is 6.07 Å². The summed E-state index contributed by atoms with van der Waals surface area (Å²) in [6, 6.07) is 24.2. The Bertz CT molecular complexity index is 961. The minimum absolute atomic E-state index is 0.125. The molecule has 0 aliphatic heterocycles. The van der Waals surface area contributed by atoms with Gasteiger partial charge in [-0.3, -0.25) is 4.79 Å². The molecular weight excluding hydrogens is 372 g/mol. The second-order valence-corrected chi connectivity index (χ2v) is 14.2. The third kappa shape index (κ3) is 6.04. The van der Waals surface area contributed by atoms with E-state index in [2.05, 4.69) is 87.6 Å². The molecule has 152 valence electrons. The maximum Gasteiger partial charge on any atom is 0.309 e. The fourth-order valence-electron chi connectivity index (χ4n) is 3.89. The molecule has 3 aromatic rings. The lowest BCUT2D eigenvalue weighted by Gasteiger charge is -2.22. The van der Waals surface area contributed by atoms with Gasteiger partial charge in [0, 0.05) is 0 Å². The van der Waals surface area contributed by atoms with Crippen molar-refractivity contribution in [1.29, 1.82) is 0 Å². The second kappa shape index (κ2) is 9.40. The van der Waals surface area contributed by atoms with Crippen LogP contribution < -0.4 is 0 Å². The fourth-order valence-corrected chi connectivity index (χ4v) is 5.89. The first-order chi connectivity index (χ1) is 13.8. The van der Waals surface area contributed by atoms with Crippen molar-refractivity contribution in [2.45, 2.75) is 45.8 Å². The monoisotopic (exact) mass is 404 g/mol. The smallest absolute Gasteiger partial charge is 0.309 e. The number of benzene rings is 3. The Kier molecular flexibility index (Phi) is 6.91. The van der Waals surface area contributed by atoms with E-state index in [9.17, 15) is 4.79 Å². The minimum Gasteiger partial charge on any atom is -0.469 e. The first kappa shape index (κ1) is 21.3. The number of carbonyl (C=O) groups excluding carboxylic acids is 1. The van der Waals surface area contributed by atoms with Gasteiger partial charge in [0.2, 0.25) is 0 Å². The topological polar surface area (TPSA) is 26.3 Å². The van der Waals surface area contributed by atoms with Crippen molar-refractivity contribution in [3.63, 3.8) is 0 Å². The Hall–Kier alpha value is -2.39. The number of hydrogen-bond acceptors (Lipinski definition) is 2. The summed E-state index contributed by atoms with van der Waals surface area (Å²) in [6.07, 6.45) is 1.94. The number of carbonyl (C=O) groups is 1. The molecule has 3 aromatic carbocycles. The van der Waals surface area contributed by atoms with Gasteiger partial charge in [-0.25, -0.2) is 0 Å². The average Bonchev–Trinajstić information content (AvgIpc) is 2.67. The predicted molar refractivity (Wildman–Crippen MR) is 125 cm³/mol. The second-order valence-electron chi connectivity index (χ2n) is 9.19. The van der Waals surface area contributed by atoms with Crippen molar-refractivity contribution in [3.05, 3.63) is 83.4 Å². The zero-order valence-corrected chi connectivity index (χ0v) is 19.1. The van der Waals surface area contributed by atoms with E-state index in [1.54, 1.807) is 0 Å². The number of rotatable bonds is 8. The van der Waals surface area contributed by atoms with E-state index in [4.69, 9.17) is 4.74 Å². The molecule has 0 saturated carbocycles. The molecule has 3 heteroatoms. The van der Waals surface area contributed by atoms with Gasteiger partial charge in [0.05, 0.1) is 20.7 Å². The van der Waals surface area contributed by atoms with E-state index in [0.29, 0.717) is 18.6 Å². The molecule has 0 amide bonds. The van der Waals surface area contributed by atoms with Gasteiger partial charge in [-0.15, -0.1) is 0 Å². The minimum atomic E-state index is -1.65. The zero-order chi connectivity index (χ0) is 20.9. The Morgan fingerprint density at radius 3 is 2.14 bits per heavy atom. The number of hydrogen-bond donors (Lipinski definition) is 0. The van der Waals surface area contributed by atoms with Gasteiger partial charge >= 0.3 is 5.97 Å². The average molecular weight is 405 g/mol. The highest BCUT2D eigenvalue weighted by molar-refractivity contribution is 6.76. The van der Waals surface area contributed by atoms with Crippen LogP contribution in [-0.4, -0.2) is 20.3 Å². The Labute approximate surface area is 175 Å². The van der Waals surface area contributed by atoms with Crippen LogP contribution in [0.2, 0.25) is 13.1 Å². The van der Waals surface area contributed by atoms with Gasteiger partial charge < -0.3 is 4.74 Å². The molecule has 0 atom stereocenters. The standard InChI is InChI=1S/C26H32O2Si/c1-20(2)16-22-12-8-15-25-23(13-9-14-24(22)25)17-26(27)28-19-29(3,4)18-21-10-6-5-7-11-21/h5-15,20H,16-19H2,1-4H3. The molecule has 0 spiro atoms. The van der Waals surface area contributed by atoms with Crippen LogP contribution in [0.15, 0.2) is 66.7 Å². The van der Waals surface area contributed by atoms with Crippen molar-refractivity contribution in [2.24, 2.45) is 5.92 Å². The van der Waals surface area contributed by atoms with E-state index < -0.39 is 8.07 Å². The van der Waals surface area contributed by atoms with Crippen LogP contribution in [0.1, 0.15) is 30.5 Å². The van der Waals surface area contributed by atoms with Crippen molar-refractivity contribution < 1.29 is 9.53 Å². The summed E-state index contributed by atoms with van der Waals surface area (Å²) in [6.45, 7) is 9.04. The van der Waals surface area contributed by atoms with E-state index in [0.717, 1.165) is 18.0 Å². The molecule has 0 bridgehead atoms. The highest BCUT2D eigenvalue weighted by Gasteiger charge is 2.24. The summed E-state index contributed by atoms with van der Waals surface area (Å²) in [7, 11) is -1.65. The van der Waals surface area contributed by atoms with Crippen LogP contribution >= 0.6 is 0 Å². The largest absolute Gasteiger partial charge is 0.469 e. The van der Waals surface area contributed by atoms with Crippen molar-refractivity contribution >= 4 is 24.8 Å². The van der Waals surface area contributed by atoms with Gasteiger partial charge in [0.1, 0.15) is 0 Å². The number of ether oxygens (including phenoxy) is 1. The van der Waals surface area contributed by atoms with Crippen molar-refractivity contribution in [2.75, 3.05) is 6.23 Å². The first-order valence-corrected chi connectivity index (χ1v) is 13.9. The number of esters is 1. The molecule has 0 heterocycles. The quantitative estimate of drug-likeness (QED) is 0.332. The zero-order valence-electron chi connectivity index (χ0n) is 18.1. The highest BCUT2D eigenvalue weighted by Crippen LogP contribution is 2.25. The summed E-state index contributed by atoms with van der Waals surface area (Å²) < 4.78 is 5.75. The van der Waals surface area contributed by atoms with Gasteiger partial charge in [0.25, 0.3) is 0 Å². The van der Waals surface area contributed by atoms with E-state index >= 15 is 0 Å². The normalized spacial score (nSPS) is 11.8. The molecule has 0 radical (unpaired) electrons. The summed E-state index contributed by atoms with van der Waals surface area (Å²) in [5.41, 5.74) is 3.73. The van der Waals surface area contributed by atoms with Crippen LogP contribution in [0.3, 0.4) is 0 Å². The molecule has 3 rings (SSSR count). The van der Waals surface area contributed by atoms with E-state index in [1.165, 1.54) is 21.9 Å². The Morgan fingerprint density at radius 2 is 1.48 bits per heavy atom. The molecule has 0 N–H and O–H groups in total. The van der Waals surface area contributed by atoms with Gasteiger partial charge in [0.15, 0.2) is 0 Å². The molecular formula is C26H32O2Si. The summed E-state index contributed by atoms with van der Waals surface area (Å²) in [4.78, 5) is 12.6. The van der Waals surface area contributed by atoms with Crippen LogP contribution in [0.5, 0.6) is 0 Å². The Balaban J connectivity index is 1.67. The number of fused-ring (bicyclic) bond motifs is 1. The highest BCUT2D eigenvalue weighted by atomic mass is 28.3. The van der Waals surface area contributed by atoms with Crippen molar-refractivity contribution in [3.8, 4) is 0 Å². The molecule has 0 unspecified atom stereocenters. The third-order valence-electron chi connectivity index (χ3n) is 5.22. The molecule has 0 aliphatic rings. The summed E-state index contributed by atoms with van der Waals surface area (Å²) in [5.74, 6) is 0.478. The Morgan fingerprint density at radius 1 is 0.862 bits per heavy atom. The molecule has 29 heavy (non-hydrogen) atoms. The predicted octanol–water partition coefficient (Wildman–Crippen LogP) is 6.15. The molecule has 0 aliphatic carbocycles. The van der Waals surface area contributed by atoms with Gasteiger partial charge in [-0.2, -0.15) is 0 Å². The maximum absolute atomic E-state index is 12.6. The van der Waals surface area contributed by atoms with Crippen LogP contribution in [0.4, 0.5) is 0 Å². The maximum atomic E-state index is 12.6. The van der Waals surface area contributed by atoms with Crippen molar-refractivity contribution in [1.82, 2.24) is 0 Å². The van der Waals surface area contributed by atoms with Gasteiger partial charge in [-0.1, -0.05) is 99.2 Å². The third-order valence-corrected chi connectivity index (χ3v) is 7.51. The van der Waals surface area contributed by atoms with Crippen LogP contribution in [0.25, 0.3) is 10.8 Å². The van der Waals surface area contributed by atoms with Gasteiger partial charge in [-0.05, 0) is 40.3 Å². The fraction of sp³-hybridized carbons (Fsp3) is 0.346. The summed E-state index contributed by atoms with van der Waals surface area (Å²) >= 11 is 0. The SMILES string of the molecule is CC(C)Cc1cccc2c(CC(=O)OC[Si](C)(C)Cc3ccccc3)cccc12. The van der Waals surface area contributed by atoms with E-state index in [-0.39, 0.29) is 5.97 Å². The van der Waals surface area contributed by atoms with Crippen LogP contribution in [0, 0.1) is 5.92 Å². The molecule has 0 aromatic heterocycles. The van der Waals surface area contributed by atoms with Crippen LogP contribution in [-0.2, 0) is 28.4 Å². The molecule has 2 nitrogen and oxygen atoms in total. The first-order valence-electron chi connectivity index (χ1n) is 10.5. The molecule has 0 saturated heterocycles. The lowest BCUT2D eigenvalue weighted by Crippen LogP contribution is -2.37. The lowest BCUT2D eigenvalue weighted by molar-refractivity contribution is -0.141. The summed E-state index contributed by atoms with van der Waals surface area (Å²) in [5, 5.41) is 2.42.